The molecule has 0 spiro atoms. The van der Waals surface area contributed by atoms with Gasteiger partial charge in [0.15, 0.2) is 0 Å². The fourth-order valence-electron chi connectivity index (χ4n) is 4.04. The van der Waals surface area contributed by atoms with E-state index in [1.807, 2.05) is 0 Å². The van der Waals surface area contributed by atoms with Crippen LogP contribution in [0.2, 0.25) is 0 Å². The number of carbonyl (C=O) groups is 3. The molecule has 0 aliphatic carbocycles. The molecule has 0 radical (unpaired) electrons. The lowest BCUT2D eigenvalue weighted by molar-refractivity contribution is -0.138. The highest BCUT2D eigenvalue weighted by Gasteiger charge is 2.38. The molecular formula is C27H32F3N3O4. The first-order valence-electron chi connectivity index (χ1n) is 12.2. The normalized spacial score (nSPS) is 14.3. The zero-order valence-electron chi connectivity index (χ0n) is 21.2. The zero-order chi connectivity index (χ0) is 27.2. The van der Waals surface area contributed by atoms with Crippen molar-refractivity contribution in [2.75, 3.05) is 32.8 Å². The van der Waals surface area contributed by atoms with Crippen molar-refractivity contribution < 1.29 is 32.3 Å². The molecule has 0 unspecified atom stereocenters. The molecule has 1 aliphatic heterocycles. The van der Waals surface area contributed by atoms with Gasteiger partial charge in [-0.15, -0.1) is 0 Å². The lowest BCUT2D eigenvalue weighted by Gasteiger charge is -2.39. The van der Waals surface area contributed by atoms with Gasteiger partial charge >= 0.3 is 6.18 Å². The Morgan fingerprint density at radius 1 is 0.919 bits per heavy atom. The van der Waals surface area contributed by atoms with E-state index in [9.17, 15) is 27.6 Å². The van der Waals surface area contributed by atoms with Crippen molar-refractivity contribution in [3.05, 3.63) is 65.2 Å². The molecule has 1 heterocycles. The summed E-state index contributed by atoms with van der Waals surface area (Å²) in [5, 5.41) is 2.75. The van der Waals surface area contributed by atoms with Crippen LogP contribution in [-0.4, -0.2) is 65.8 Å². The summed E-state index contributed by atoms with van der Waals surface area (Å²) in [6, 6.07) is 11.3. The van der Waals surface area contributed by atoms with Gasteiger partial charge < -0.3 is 19.9 Å². The Morgan fingerprint density at radius 2 is 1.51 bits per heavy atom. The Hall–Kier alpha value is -3.56. The number of piperazine rings is 1. The first-order valence-corrected chi connectivity index (χ1v) is 12.2. The molecule has 1 saturated heterocycles. The maximum absolute atomic E-state index is 13.3. The number of hydrogen-bond donors (Lipinski definition) is 1. The molecule has 200 valence electrons. The molecular weight excluding hydrogens is 487 g/mol. The maximum atomic E-state index is 13.3. The topological polar surface area (TPSA) is 79.0 Å². The Bertz CT molecular complexity index is 1110. The number of unbranched alkanes of at least 4 members (excludes halogenated alkanes) is 1. The van der Waals surface area contributed by atoms with E-state index in [-0.39, 0.29) is 32.1 Å². The number of nitrogens with zero attached hydrogens (tertiary/aromatic N) is 2. The molecule has 0 aromatic heterocycles. The van der Waals surface area contributed by atoms with Crippen LogP contribution in [0, 0.1) is 0 Å². The smallest absolute Gasteiger partial charge is 0.417 e. The molecule has 2 aromatic rings. The predicted octanol–water partition coefficient (Wildman–Crippen LogP) is 4.38. The van der Waals surface area contributed by atoms with Crippen molar-refractivity contribution >= 4 is 17.7 Å². The number of amides is 3. The minimum absolute atomic E-state index is 0.0836. The van der Waals surface area contributed by atoms with Gasteiger partial charge in [-0.3, -0.25) is 14.4 Å². The van der Waals surface area contributed by atoms with E-state index in [4.69, 9.17) is 4.74 Å². The molecule has 0 atom stereocenters. The maximum Gasteiger partial charge on any atom is 0.417 e. The third kappa shape index (κ3) is 7.02. The summed E-state index contributed by atoms with van der Waals surface area (Å²) in [5.41, 5.74) is -2.25. The molecule has 37 heavy (non-hydrogen) atoms. The number of carbonyl (C=O) groups excluding carboxylic acids is 3. The number of ether oxygens (including phenoxy) is 1. The van der Waals surface area contributed by atoms with Crippen LogP contribution in [-0.2, 0) is 11.0 Å². The van der Waals surface area contributed by atoms with Crippen molar-refractivity contribution in [3.8, 4) is 5.75 Å². The van der Waals surface area contributed by atoms with Gasteiger partial charge in [0.2, 0.25) is 5.91 Å². The Balaban J connectivity index is 1.58. The minimum atomic E-state index is -4.64. The average molecular weight is 520 g/mol. The fourth-order valence-corrected chi connectivity index (χ4v) is 4.04. The summed E-state index contributed by atoms with van der Waals surface area (Å²) in [5.74, 6) is -0.834. The molecule has 1 aliphatic rings. The van der Waals surface area contributed by atoms with E-state index in [2.05, 4.69) is 12.2 Å². The van der Waals surface area contributed by atoms with Crippen LogP contribution in [0.25, 0.3) is 0 Å². The van der Waals surface area contributed by atoms with Gasteiger partial charge in [0, 0.05) is 31.7 Å². The third-order valence-electron chi connectivity index (χ3n) is 6.16. The number of rotatable bonds is 8. The highest BCUT2D eigenvalue weighted by atomic mass is 19.4. The van der Waals surface area contributed by atoms with Gasteiger partial charge in [-0.2, -0.15) is 13.2 Å². The largest absolute Gasteiger partial charge is 0.494 e. The Kier molecular flexibility index (Phi) is 8.83. The quantitative estimate of drug-likeness (QED) is 0.525. The van der Waals surface area contributed by atoms with E-state index in [0.29, 0.717) is 17.9 Å². The lowest BCUT2D eigenvalue weighted by Crippen LogP contribution is -2.60. The van der Waals surface area contributed by atoms with E-state index < -0.39 is 34.7 Å². The first kappa shape index (κ1) is 28.0. The van der Waals surface area contributed by atoms with Crippen LogP contribution in [0.3, 0.4) is 0 Å². The molecule has 10 heteroatoms. The second-order valence-electron chi connectivity index (χ2n) is 9.43. The van der Waals surface area contributed by atoms with Gasteiger partial charge in [0.25, 0.3) is 11.8 Å². The molecule has 7 nitrogen and oxygen atoms in total. The first-order chi connectivity index (χ1) is 17.4. The van der Waals surface area contributed by atoms with Gasteiger partial charge in [-0.1, -0.05) is 25.5 Å². The van der Waals surface area contributed by atoms with Crippen molar-refractivity contribution in [2.24, 2.45) is 0 Å². The van der Waals surface area contributed by atoms with E-state index in [1.165, 1.54) is 21.9 Å². The summed E-state index contributed by atoms with van der Waals surface area (Å²) in [6.45, 7) is 6.29. The summed E-state index contributed by atoms with van der Waals surface area (Å²) in [6.07, 6.45) is -2.70. The van der Waals surface area contributed by atoms with Crippen LogP contribution >= 0.6 is 0 Å². The Morgan fingerprint density at radius 3 is 2.11 bits per heavy atom. The standard InChI is InChI=1S/C27H32F3N3O4/c1-4-5-18-37-20-12-10-19(11-13-20)23(34)31-26(2,3)25(36)33-16-14-32(15-17-33)24(35)21-8-6-7-9-22(21)27(28,29)30/h6-13H,4-5,14-18H2,1-3H3,(H,31,34). The van der Waals surface area contributed by atoms with Crippen molar-refractivity contribution in [1.29, 1.82) is 0 Å². The Labute approximate surface area is 214 Å². The van der Waals surface area contributed by atoms with Crippen molar-refractivity contribution in [1.82, 2.24) is 15.1 Å². The predicted molar refractivity (Wildman–Crippen MR) is 132 cm³/mol. The van der Waals surface area contributed by atoms with E-state index in [1.54, 1.807) is 38.1 Å². The third-order valence-corrected chi connectivity index (χ3v) is 6.16. The molecule has 3 rings (SSSR count). The highest BCUT2D eigenvalue weighted by molar-refractivity contribution is 5.99. The average Bonchev–Trinajstić information content (AvgIpc) is 2.87. The van der Waals surface area contributed by atoms with Crippen LogP contribution in [0.4, 0.5) is 13.2 Å². The molecule has 0 saturated carbocycles. The molecule has 0 bridgehead atoms. The summed E-state index contributed by atoms with van der Waals surface area (Å²) in [4.78, 5) is 41.5. The van der Waals surface area contributed by atoms with Crippen molar-refractivity contribution in [2.45, 2.75) is 45.3 Å². The summed E-state index contributed by atoms with van der Waals surface area (Å²) >= 11 is 0. The van der Waals surface area contributed by atoms with E-state index in [0.717, 1.165) is 25.0 Å². The number of hydrogen-bond acceptors (Lipinski definition) is 4. The van der Waals surface area contributed by atoms with Crippen LogP contribution in [0.5, 0.6) is 5.75 Å². The van der Waals surface area contributed by atoms with Gasteiger partial charge in [-0.05, 0) is 56.7 Å². The lowest BCUT2D eigenvalue weighted by atomic mass is 10.0. The van der Waals surface area contributed by atoms with Crippen molar-refractivity contribution in [3.63, 3.8) is 0 Å². The van der Waals surface area contributed by atoms with Crippen LogP contribution in [0.1, 0.15) is 59.9 Å². The monoisotopic (exact) mass is 519 g/mol. The molecule has 1 N–H and O–H groups in total. The minimum Gasteiger partial charge on any atom is -0.494 e. The second kappa shape index (κ2) is 11.7. The molecule has 3 amide bonds. The molecule has 1 fully saturated rings. The van der Waals surface area contributed by atoms with Crippen LogP contribution < -0.4 is 10.1 Å². The molecule has 2 aromatic carbocycles. The van der Waals surface area contributed by atoms with Gasteiger partial charge in [0.1, 0.15) is 11.3 Å². The fraction of sp³-hybridized carbons (Fsp3) is 0.444. The number of halogens is 3. The second-order valence-corrected chi connectivity index (χ2v) is 9.43. The van der Waals surface area contributed by atoms with Gasteiger partial charge in [-0.25, -0.2) is 0 Å². The number of nitrogens with one attached hydrogen (secondary N) is 1. The number of benzene rings is 2. The van der Waals surface area contributed by atoms with Crippen LogP contribution in [0.15, 0.2) is 48.5 Å². The zero-order valence-corrected chi connectivity index (χ0v) is 21.2. The SMILES string of the molecule is CCCCOc1ccc(C(=O)NC(C)(C)C(=O)N2CCN(C(=O)c3ccccc3C(F)(F)F)CC2)cc1. The number of alkyl halides is 3. The van der Waals surface area contributed by atoms with Gasteiger partial charge in [0.05, 0.1) is 17.7 Å². The summed E-state index contributed by atoms with van der Waals surface area (Å²) < 4.78 is 45.6. The summed E-state index contributed by atoms with van der Waals surface area (Å²) in [7, 11) is 0. The van der Waals surface area contributed by atoms with E-state index >= 15 is 0 Å². The highest BCUT2D eigenvalue weighted by Crippen LogP contribution is 2.32.